The average molecular weight is 547 g/mol. The molecular formula is C28H42N4O5S. The summed E-state index contributed by atoms with van der Waals surface area (Å²) in [5.74, 6) is 0.825. The summed E-state index contributed by atoms with van der Waals surface area (Å²) < 4.78 is 36.3. The van der Waals surface area contributed by atoms with Crippen LogP contribution in [0.15, 0.2) is 34.0 Å². The highest BCUT2D eigenvalue weighted by Gasteiger charge is 2.34. The Balaban J connectivity index is 1.42. The van der Waals surface area contributed by atoms with Gasteiger partial charge < -0.3 is 18.9 Å². The van der Waals surface area contributed by atoms with Crippen LogP contribution in [0.4, 0.5) is 0 Å². The molecule has 1 aromatic carbocycles. The third-order valence-corrected chi connectivity index (χ3v) is 9.06. The third kappa shape index (κ3) is 6.76. The van der Waals surface area contributed by atoms with Crippen molar-refractivity contribution < 1.29 is 21.9 Å². The quantitative estimate of drug-likeness (QED) is 0.316. The Labute approximate surface area is 227 Å². The number of carbonyl (C=O) groups is 1. The highest BCUT2D eigenvalue weighted by atomic mass is 32.2. The predicted octanol–water partition coefficient (Wildman–Crippen LogP) is 3.87. The maximum absolute atomic E-state index is 12.9. The van der Waals surface area contributed by atoms with E-state index >= 15 is 0 Å². The van der Waals surface area contributed by atoms with Gasteiger partial charge >= 0.3 is 10.1 Å². The SMILES string of the molecule is CCCN(CCCCCN1CCNCCC1=O)C1CCc2ccc(C)c(OS(=O)(=O)c3cnoc3)c2C1C. The first-order valence-corrected chi connectivity index (χ1v) is 15.4. The minimum atomic E-state index is -4.04. The van der Waals surface area contributed by atoms with Gasteiger partial charge in [0.2, 0.25) is 5.91 Å². The van der Waals surface area contributed by atoms with Crippen LogP contribution in [0.5, 0.6) is 5.75 Å². The van der Waals surface area contributed by atoms with Gasteiger partial charge in [0, 0.05) is 50.1 Å². The molecule has 2 aliphatic rings. The van der Waals surface area contributed by atoms with E-state index in [1.165, 1.54) is 0 Å². The van der Waals surface area contributed by atoms with Crippen LogP contribution >= 0.6 is 0 Å². The zero-order chi connectivity index (χ0) is 27.1. The number of aryl methyl sites for hydroxylation is 2. The van der Waals surface area contributed by atoms with E-state index in [-0.39, 0.29) is 16.7 Å². The third-order valence-electron chi connectivity index (χ3n) is 7.90. The molecule has 0 bridgehead atoms. The van der Waals surface area contributed by atoms with Crippen LogP contribution in [-0.2, 0) is 21.3 Å². The molecule has 1 fully saturated rings. The molecule has 1 aliphatic heterocycles. The van der Waals surface area contributed by atoms with Gasteiger partial charge in [-0.05, 0) is 63.2 Å². The maximum atomic E-state index is 12.9. The molecular weight excluding hydrogens is 504 g/mol. The normalized spacial score (nSPS) is 20.4. The fourth-order valence-electron chi connectivity index (χ4n) is 5.88. The van der Waals surface area contributed by atoms with Crippen molar-refractivity contribution in [2.45, 2.75) is 82.6 Å². The Hall–Kier alpha value is -2.43. The summed E-state index contributed by atoms with van der Waals surface area (Å²) in [6, 6.07) is 4.36. The van der Waals surface area contributed by atoms with Gasteiger partial charge in [0.25, 0.3) is 0 Å². The van der Waals surface area contributed by atoms with Crippen molar-refractivity contribution in [1.82, 2.24) is 20.3 Å². The molecule has 2 unspecified atom stereocenters. The molecule has 38 heavy (non-hydrogen) atoms. The zero-order valence-electron chi connectivity index (χ0n) is 22.9. The number of fused-ring (bicyclic) bond motifs is 1. The molecule has 2 aromatic rings. The van der Waals surface area contributed by atoms with Crippen LogP contribution in [-0.4, -0.2) is 74.6 Å². The number of hydrogen-bond acceptors (Lipinski definition) is 8. The molecule has 2 heterocycles. The summed E-state index contributed by atoms with van der Waals surface area (Å²) in [6.07, 6.45) is 9.01. The average Bonchev–Trinajstić information content (AvgIpc) is 3.37. The van der Waals surface area contributed by atoms with Crippen molar-refractivity contribution in [3.8, 4) is 5.75 Å². The number of benzene rings is 1. The lowest BCUT2D eigenvalue weighted by Crippen LogP contribution is -2.42. The van der Waals surface area contributed by atoms with E-state index in [1.807, 2.05) is 17.9 Å². The number of rotatable bonds is 12. The van der Waals surface area contributed by atoms with E-state index < -0.39 is 10.1 Å². The molecule has 10 heteroatoms. The van der Waals surface area contributed by atoms with Crippen molar-refractivity contribution in [3.05, 3.63) is 41.3 Å². The van der Waals surface area contributed by atoms with E-state index in [1.54, 1.807) is 0 Å². The molecule has 1 aromatic heterocycles. The van der Waals surface area contributed by atoms with Crippen molar-refractivity contribution in [3.63, 3.8) is 0 Å². The lowest BCUT2D eigenvalue weighted by atomic mass is 9.78. The first-order valence-electron chi connectivity index (χ1n) is 14.0. The van der Waals surface area contributed by atoms with Gasteiger partial charge in [-0.2, -0.15) is 8.42 Å². The number of nitrogens with one attached hydrogen (secondary N) is 1. The van der Waals surface area contributed by atoms with Gasteiger partial charge in [-0.3, -0.25) is 9.69 Å². The van der Waals surface area contributed by atoms with Crippen molar-refractivity contribution in [2.24, 2.45) is 0 Å². The summed E-state index contributed by atoms with van der Waals surface area (Å²) in [6.45, 7) is 11.6. The minimum Gasteiger partial charge on any atom is -0.378 e. The lowest BCUT2D eigenvalue weighted by Gasteiger charge is -2.40. The fraction of sp³-hybridized carbons (Fsp3) is 0.643. The summed E-state index contributed by atoms with van der Waals surface area (Å²) in [5, 5.41) is 6.82. The Kier molecular flexibility index (Phi) is 9.84. The molecule has 0 spiro atoms. The zero-order valence-corrected chi connectivity index (χ0v) is 23.8. The largest absolute Gasteiger partial charge is 0.378 e. The molecule has 4 rings (SSSR count). The molecule has 9 nitrogen and oxygen atoms in total. The number of unbranched alkanes of at least 4 members (excludes halogenated alkanes) is 2. The molecule has 1 amide bonds. The highest BCUT2D eigenvalue weighted by Crippen LogP contribution is 2.42. The fourth-order valence-corrected chi connectivity index (χ4v) is 6.75. The van der Waals surface area contributed by atoms with Gasteiger partial charge in [0.1, 0.15) is 12.0 Å². The highest BCUT2D eigenvalue weighted by molar-refractivity contribution is 7.87. The molecule has 210 valence electrons. The summed E-state index contributed by atoms with van der Waals surface area (Å²) in [7, 11) is -4.04. The van der Waals surface area contributed by atoms with E-state index in [0.29, 0.717) is 18.2 Å². The Morgan fingerprint density at radius 1 is 1.18 bits per heavy atom. The number of nitrogens with zero attached hydrogens (tertiary/aromatic N) is 3. The first-order chi connectivity index (χ1) is 18.3. The van der Waals surface area contributed by atoms with Crippen LogP contribution in [0.3, 0.4) is 0 Å². The lowest BCUT2D eigenvalue weighted by molar-refractivity contribution is -0.130. The van der Waals surface area contributed by atoms with Crippen LogP contribution in [0.25, 0.3) is 0 Å². The molecule has 2 atom stereocenters. The Morgan fingerprint density at radius 3 is 2.79 bits per heavy atom. The van der Waals surface area contributed by atoms with Gasteiger partial charge in [0.15, 0.2) is 4.90 Å². The van der Waals surface area contributed by atoms with Gasteiger partial charge in [-0.1, -0.05) is 37.6 Å². The van der Waals surface area contributed by atoms with E-state index in [4.69, 9.17) is 8.71 Å². The summed E-state index contributed by atoms with van der Waals surface area (Å²) in [5.41, 5.74) is 2.95. The smallest absolute Gasteiger partial charge is 0.344 e. The topological polar surface area (TPSA) is 105 Å². The minimum absolute atomic E-state index is 0.0831. The second kappa shape index (κ2) is 13.1. The molecule has 0 radical (unpaired) electrons. The number of aromatic nitrogens is 1. The maximum Gasteiger partial charge on any atom is 0.344 e. The van der Waals surface area contributed by atoms with Crippen molar-refractivity contribution in [1.29, 1.82) is 0 Å². The first kappa shape index (κ1) is 28.6. The number of hydrogen-bond donors (Lipinski definition) is 1. The predicted molar refractivity (Wildman–Crippen MR) is 146 cm³/mol. The van der Waals surface area contributed by atoms with Gasteiger partial charge in [0.05, 0.1) is 6.20 Å². The Bertz CT molecular complexity index is 1170. The van der Waals surface area contributed by atoms with E-state index in [0.717, 1.165) is 107 Å². The van der Waals surface area contributed by atoms with Crippen LogP contribution in [0.2, 0.25) is 0 Å². The summed E-state index contributed by atoms with van der Waals surface area (Å²) in [4.78, 5) is 16.7. The second-order valence-corrected chi connectivity index (χ2v) is 12.1. The second-order valence-electron chi connectivity index (χ2n) is 10.6. The molecule has 1 saturated heterocycles. The van der Waals surface area contributed by atoms with Gasteiger partial charge in [-0.15, -0.1) is 0 Å². The number of amides is 1. The van der Waals surface area contributed by atoms with E-state index in [9.17, 15) is 13.2 Å². The van der Waals surface area contributed by atoms with Crippen molar-refractivity contribution >= 4 is 16.0 Å². The standard InChI is InChI=1S/C28H42N4O5S/c1-4-15-31(16-6-5-7-17-32-18-14-29-13-12-26(32)33)25-11-10-23-9-8-21(2)28(27(23)22(25)3)37-38(34,35)24-19-30-36-20-24/h8-9,19-20,22,25,29H,4-7,10-18H2,1-3H3. The van der Waals surface area contributed by atoms with E-state index in [2.05, 4.69) is 35.3 Å². The van der Waals surface area contributed by atoms with Gasteiger partial charge in [-0.25, -0.2) is 0 Å². The monoisotopic (exact) mass is 546 g/mol. The molecule has 1 aliphatic carbocycles. The number of carbonyl (C=O) groups excluding carboxylic acids is 1. The summed E-state index contributed by atoms with van der Waals surface area (Å²) >= 11 is 0. The molecule has 0 saturated carbocycles. The Morgan fingerprint density at radius 2 is 2.03 bits per heavy atom. The van der Waals surface area contributed by atoms with Crippen LogP contribution in [0.1, 0.15) is 75.0 Å². The van der Waals surface area contributed by atoms with Crippen LogP contribution < -0.4 is 9.50 Å². The molecule has 1 N–H and O–H groups in total. The van der Waals surface area contributed by atoms with Crippen LogP contribution in [0, 0.1) is 6.92 Å². The van der Waals surface area contributed by atoms with Crippen molar-refractivity contribution in [2.75, 3.05) is 39.3 Å².